The number of piperazine rings is 1. The van der Waals surface area contributed by atoms with Crippen molar-refractivity contribution in [3.8, 4) is 0 Å². The predicted molar refractivity (Wildman–Crippen MR) is 102 cm³/mol. The third-order valence-corrected chi connectivity index (χ3v) is 4.33. The SMILES string of the molecule is CC(C)(C)OC(=O)N1CCN(c2ccc3c(B(O)O)ccnc3c2)CC1. The van der Waals surface area contributed by atoms with Crippen LogP contribution in [-0.4, -0.2) is 64.9 Å². The van der Waals surface area contributed by atoms with E-state index in [1.54, 1.807) is 17.2 Å². The van der Waals surface area contributed by atoms with Gasteiger partial charge in [-0.1, -0.05) is 6.07 Å². The lowest BCUT2D eigenvalue weighted by Gasteiger charge is -2.36. The van der Waals surface area contributed by atoms with Crippen molar-refractivity contribution in [1.82, 2.24) is 9.88 Å². The predicted octanol–water partition coefficient (Wildman–Crippen LogP) is 0.972. The van der Waals surface area contributed by atoms with Gasteiger partial charge in [0.2, 0.25) is 0 Å². The van der Waals surface area contributed by atoms with Crippen LogP contribution in [0.2, 0.25) is 0 Å². The summed E-state index contributed by atoms with van der Waals surface area (Å²) in [5, 5.41) is 19.7. The Morgan fingerprint density at radius 2 is 1.85 bits per heavy atom. The first kappa shape index (κ1) is 18.5. The maximum atomic E-state index is 12.2. The first-order valence-corrected chi connectivity index (χ1v) is 8.72. The molecule has 2 N–H and O–H groups in total. The molecule has 138 valence electrons. The Hall–Kier alpha value is -2.32. The Bertz CT molecular complexity index is 799. The molecule has 0 atom stereocenters. The smallest absolute Gasteiger partial charge is 0.444 e. The van der Waals surface area contributed by atoms with E-state index in [9.17, 15) is 14.8 Å². The lowest BCUT2D eigenvalue weighted by molar-refractivity contribution is 0.0240. The Morgan fingerprint density at radius 3 is 2.46 bits per heavy atom. The molecule has 3 rings (SSSR count). The van der Waals surface area contributed by atoms with Crippen molar-refractivity contribution in [2.24, 2.45) is 0 Å². The fourth-order valence-electron chi connectivity index (χ4n) is 3.05. The summed E-state index contributed by atoms with van der Waals surface area (Å²) < 4.78 is 5.42. The zero-order valence-electron chi connectivity index (χ0n) is 15.3. The van der Waals surface area contributed by atoms with Gasteiger partial charge in [-0.3, -0.25) is 4.98 Å². The number of carbonyl (C=O) groups excluding carboxylic acids is 1. The van der Waals surface area contributed by atoms with E-state index < -0.39 is 12.7 Å². The van der Waals surface area contributed by atoms with Gasteiger partial charge >= 0.3 is 13.2 Å². The standard InChI is InChI=1S/C18H24BN3O4/c1-18(2,3)26-17(23)22-10-8-21(9-11-22)13-4-5-14-15(19(24)25)6-7-20-16(14)12-13/h4-7,12,24-25H,8-11H2,1-3H3. The molecule has 0 aliphatic carbocycles. The van der Waals surface area contributed by atoms with Gasteiger partial charge < -0.3 is 24.6 Å². The van der Waals surface area contributed by atoms with E-state index in [4.69, 9.17) is 4.74 Å². The highest BCUT2D eigenvalue weighted by Crippen LogP contribution is 2.22. The summed E-state index contributed by atoms with van der Waals surface area (Å²) in [6.07, 6.45) is 1.29. The highest BCUT2D eigenvalue weighted by molar-refractivity contribution is 6.61. The number of ether oxygens (including phenoxy) is 1. The summed E-state index contributed by atoms with van der Waals surface area (Å²) in [6, 6.07) is 7.34. The summed E-state index contributed by atoms with van der Waals surface area (Å²) in [7, 11) is -1.52. The van der Waals surface area contributed by atoms with Crippen LogP contribution >= 0.6 is 0 Å². The summed E-state index contributed by atoms with van der Waals surface area (Å²) in [5.74, 6) is 0. The molecule has 7 nitrogen and oxygen atoms in total. The lowest BCUT2D eigenvalue weighted by atomic mass is 9.78. The van der Waals surface area contributed by atoms with Crippen LogP contribution in [0.25, 0.3) is 10.9 Å². The average molecular weight is 357 g/mol. The minimum absolute atomic E-state index is 0.279. The molecular formula is C18H24BN3O4. The topological polar surface area (TPSA) is 86.1 Å². The summed E-state index contributed by atoms with van der Waals surface area (Å²) in [6.45, 7) is 8.17. The normalized spacial score (nSPS) is 15.3. The van der Waals surface area contributed by atoms with Gasteiger partial charge in [0.1, 0.15) is 5.60 Å². The number of amides is 1. The van der Waals surface area contributed by atoms with E-state index in [0.717, 1.165) is 11.1 Å². The number of hydrogen-bond acceptors (Lipinski definition) is 6. The van der Waals surface area contributed by atoms with E-state index in [1.165, 1.54) is 0 Å². The summed E-state index contributed by atoms with van der Waals surface area (Å²) in [5.41, 5.74) is 1.66. The minimum atomic E-state index is -1.52. The van der Waals surface area contributed by atoms with Crippen molar-refractivity contribution in [1.29, 1.82) is 0 Å². The molecule has 0 radical (unpaired) electrons. The molecule has 1 aromatic heterocycles. The van der Waals surface area contributed by atoms with E-state index in [1.807, 2.05) is 39.0 Å². The summed E-state index contributed by atoms with van der Waals surface area (Å²) >= 11 is 0. The van der Waals surface area contributed by atoms with Crippen molar-refractivity contribution in [2.45, 2.75) is 26.4 Å². The van der Waals surface area contributed by atoms with Crippen molar-refractivity contribution in [3.63, 3.8) is 0 Å². The van der Waals surface area contributed by atoms with E-state index in [2.05, 4.69) is 9.88 Å². The Morgan fingerprint density at radius 1 is 1.15 bits per heavy atom. The van der Waals surface area contributed by atoms with Crippen LogP contribution in [0.3, 0.4) is 0 Å². The van der Waals surface area contributed by atoms with Gasteiger partial charge in [-0.2, -0.15) is 0 Å². The maximum Gasteiger partial charge on any atom is 0.489 e. The molecular weight excluding hydrogens is 333 g/mol. The maximum absolute atomic E-state index is 12.2. The van der Waals surface area contributed by atoms with Crippen molar-refractivity contribution in [2.75, 3.05) is 31.1 Å². The monoisotopic (exact) mass is 357 g/mol. The van der Waals surface area contributed by atoms with Gasteiger partial charge in [0.25, 0.3) is 0 Å². The van der Waals surface area contributed by atoms with Gasteiger partial charge in [0, 0.05) is 43.4 Å². The molecule has 8 heteroatoms. The van der Waals surface area contributed by atoms with Crippen LogP contribution in [0.1, 0.15) is 20.8 Å². The number of anilines is 1. The van der Waals surface area contributed by atoms with Crippen LogP contribution < -0.4 is 10.4 Å². The molecule has 2 heterocycles. The van der Waals surface area contributed by atoms with Crippen LogP contribution in [0.15, 0.2) is 30.5 Å². The largest absolute Gasteiger partial charge is 0.489 e. The van der Waals surface area contributed by atoms with Gasteiger partial charge in [-0.05, 0) is 44.4 Å². The highest BCUT2D eigenvalue weighted by Gasteiger charge is 2.26. The third-order valence-electron chi connectivity index (χ3n) is 4.33. The van der Waals surface area contributed by atoms with Crippen molar-refractivity contribution >= 4 is 35.3 Å². The van der Waals surface area contributed by atoms with Gasteiger partial charge in [-0.15, -0.1) is 0 Å². The van der Waals surface area contributed by atoms with Crippen LogP contribution in [0, 0.1) is 0 Å². The number of benzene rings is 1. The fraction of sp³-hybridized carbons (Fsp3) is 0.444. The molecule has 0 unspecified atom stereocenters. The van der Waals surface area contributed by atoms with Crippen LogP contribution in [-0.2, 0) is 4.74 Å². The summed E-state index contributed by atoms with van der Waals surface area (Å²) in [4.78, 5) is 20.4. The Kier molecular flexibility index (Phi) is 5.07. The second-order valence-electron chi connectivity index (χ2n) is 7.43. The molecule has 0 saturated carbocycles. The number of carbonyl (C=O) groups is 1. The van der Waals surface area contributed by atoms with Gasteiger partial charge in [0.15, 0.2) is 0 Å². The zero-order chi connectivity index (χ0) is 18.9. The second-order valence-corrected chi connectivity index (χ2v) is 7.43. The molecule has 1 aliphatic rings. The first-order valence-electron chi connectivity index (χ1n) is 8.72. The number of fused-ring (bicyclic) bond motifs is 1. The molecule has 1 saturated heterocycles. The Balaban J connectivity index is 1.71. The van der Waals surface area contributed by atoms with E-state index >= 15 is 0 Å². The first-order chi connectivity index (χ1) is 12.2. The fourth-order valence-corrected chi connectivity index (χ4v) is 3.05. The van der Waals surface area contributed by atoms with Crippen molar-refractivity contribution < 1.29 is 19.6 Å². The molecule has 26 heavy (non-hydrogen) atoms. The number of nitrogens with zero attached hydrogens (tertiary/aromatic N) is 3. The lowest BCUT2D eigenvalue weighted by Crippen LogP contribution is -2.50. The third kappa shape index (κ3) is 4.08. The molecule has 0 bridgehead atoms. The average Bonchev–Trinajstić information content (AvgIpc) is 2.59. The molecule has 0 spiro atoms. The minimum Gasteiger partial charge on any atom is -0.444 e. The van der Waals surface area contributed by atoms with Crippen molar-refractivity contribution in [3.05, 3.63) is 30.5 Å². The molecule has 2 aromatic rings. The molecule has 1 amide bonds. The second kappa shape index (κ2) is 7.13. The molecule has 1 aliphatic heterocycles. The molecule has 1 aromatic carbocycles. The quantitative estimate of drug-likeness (QED) is 0.779. The highest BCUT2D eigenvalue weighted by atomic mass is 16.6. The zero-order valence-corrected chi connectivity index (χ0v) is 15.3. The van der Waals surface area contributed by atoms with Gasteiger partial charge in [0.05, 0.1) is 5.52 Å². The van der Waals surface area contributed by atoms with E-state index in [0.29, 0.717) is 37.2 Å². The number of pyridine rings is 1. The van der Waals surface area contributed by atoms with Crippen LogP contribution in [0.5, 0.6) is 0 Å². The van der Waals surface area contributed by atoms with Crippen LogP contribution in [0.4, 0.5) is 10.5 Å². The Labute approximate surface area is 153 Å². The van der Waals surface area contributed by atoms with E-state index in [-0.39, 0.29) is 6.09 Å². The van der Waals surface area contributed by atoms with Gasteiger partial charge in [-0.25, -0.2) is 4.79 Å². The number of rotatable bonds is 2. The number of aromatic nitrogens is 1. The number of hydrogen-bond donors (Lipinski definition) is 2. The molecule has 1 fully saturated rings.